The third-order valence-corrected chi connectivity index (χ3v) is 2.89. The molecule has 2 nitrogen and oxygen atoms in total. The van der Waals surface area contributed by atoms with Crippen LogP contribution in [0.5, 0.6) is 0 Å². The Morgan fingerprint density at radius 2 is 2.25 bits per heavy atom. The van der Waals surface area contributed by atoms with Gasteiger partial charge in [-0.1, -0.05) is 5.57 Å². The molecule has 1 aliphatic heterocycles. The topological polar surface area (TPSA) is 29.6 Å². The standard InChI is InChI=1S/C10H14O2/c1-6(2)7-4-5-10(3)9(12-10)8(7)11/h9H,4-5H2,1-3H3/t9?,10-/m0/s1. The Morgan fingerprint density at radius 3 is 2.83 bits per heavy atom. The quantitative estimate of drug-likeness (QED) is 0.406. The van der Waals surface area contributed by atoms with Crippen molar-refractivity contribution >= 4 is 5.78 Å². The van der Waals surface area contributed by atoms with Crippen LogP contribution in [0.15, 0.2) is 11.1 Å². The van der Waals surface area contributed by atoms with Crippen LogP contribution in [0.2, 0.25) is 0 Å². The molecule has 2 aliphatic rings. The summed E-state index contributed by atoms with van der Waals surface area (Å²) in [6.07, 6.45) is 1.79. The minimum atomic E-state index is -0.115. The van der Waals surface area contributed by atoms with E-state index in [2.05, 4.69) is 0 Å². The summed E-state index contributed by atoms with van der Waals surface area (Å²) in [7, 11) is 0. The van der Waals surface area contributed by atoms with Gasteiger partial charge in [-0.25, -0.2) is 0 Å². The molecule has 1 saturated carbocycles. The third-order valence-electron chi connectivity index (χ3n) is 2.89. The van der Waals surface area contributed by atoms with Crippen LogP contribution >= 0.6 is 0 Å². The molecule has 0 aromatic rings. The zero-order chi connectivity index (χ0) is 8.93. The van der Waals surface area contributed by atoms with Crippen LogP contribution in [0, 0.1) is 0 Å². The summed E-state index contributed by atoms with van der Waals surface area (Å²) in [6.45, 7) is 6.02. The fourth-order valence-electron chi connectivity index (χ4n) is 1.91. The highest BCUT2D eigenvalue weighted by Gasteiger charge is 2.59. The van der Waals surface area contributed by atoms with Gasteiger partial charge in [-0.2, -0.15) is 0 Å². The van der Waals surface area contributed by atoms with Crippen molar-refractivity contribution in [2.45, 2.75) is 45.3 Å². The van der Waals surface area contributed by atoms with E-state index >= 15 is 0 Å². The van der Waals surface area contributed by atoms with Crippen LogP contribution in [0.3, 0.4) is 0 Å². The van der Waals surface area contributed by atoms with Gasteiger partial charge in [0.15, 0.2) is 5.78 Å². The van der Waals surface area contributed by atoms with Gasteiger partial charge >= 0.3 is 0 Å². The fraction of sp³-hybridized carbons (Fsp3) is 0.700. The van der Waals surface area contributed by atoms with E-state index in [1.165, 1.54) is 0 Å². The van der Waals surface area contributed by atoms with Crippen LogP contribution in [0.1, 0.15) is 33.6 Å². The lowest BCUT2D eigenvalue weighted by Crippen LogP contribution is -2.26. The maximum absolute atomic E-state index is 11.6. The third kappa shape index (κ3) is 0.944. The van der Waals surface area contributed by atoms with Crippen molar-refractivity contribution in [2.75, 3.05) is 0 Å². The number of allylic oxidation sites excluding steroid dienone is 1. The molecule has 0 N–H and O–H groups in total. The molecule has 2 rings (SSSR count). The van der Waals surface area contributed by atoms with Crippen molar-refractivity contribution in [2.24, 2.45) is 0 Å². The van der Waals surface area contributed by atoms with Gasteiger partial charge in [0.25, 0.3) is 0 Å². The second-order valence-corrected chi connectivity index (χ2v) is 4.15. The highest BCUT2D eigenvalue weighted by Crippen LogP contribution is 2.47. The van der Waals surface area contributed by atoms with Gasteiger partial charge < -0.3 is 4.74 Å². The van der Waals surface area contributed by atoms with E-state index in [0.717, 1.165) is 24.0 Å². The number of Topliss-reactive ketones (excluding diaryl/α,β-unsaturated/α-hetero) is 1. The fourth-order valence-corrected chi connectivity index (χ4v) is 1.91. The lowest BCUT2D eigenvalue weighted by molar-refractivity contribution is -0.117. The molecular weight excluding hydrogens is 152 g/mol. The number of carbonyl (C=O) groups is 1. The first-order chi connectivity index (χ1) is 5.54. The average Bonchev–Trinajstić information content (AvgIpc) is 2.62. The SMILES string of the molecule is CC(C)=C1CC[C@]2(C)OC2C1=O. The molecular formula is C10H14O2. The molecule has 2 heteroatoms. The summed E-state index contributed by atoms with van der Waals surface area (Å²) in [5, 5.41) is 0. The van der Waals surface area contributed by atoms with Crippen LogP contribution in [0.25, 0.3) is 0 Å². The van der Waals surface area contributed by atoms with E-state index in [1.54, 1.807) is 0 Å². The first kappa shape index (κ1) is 7.99. The van der Waals surface area contributed by atoms with Crippen molar-refractivity contribution in [3.8, 4) is 0 Å². The van der Waals surface area contributed by atoms with Crippen LogP contribution < -0.4 is 0 Å². The number of rotatable bonds is 0. The van der Waals surface area contributed by atoms with E-state index in [-0.39, 0.29) is 17.5 Å². The molecule has 0 spiro atoms. The normalized spacial score (nSPS) is 39.4. The van der Waals surface area contributed by atoms with Crippen molar-refractivity contribution < 1.29 is 9.53 Å². The molecule has 0 bridgehead atoms. The maximum atomic E-state index is 11.6. The molecule has 2 atom stereocenters. The molecule has 1 unspecified atom stereocenters. The van der Waals surface area contributed by atoms with Gasteiger partial charge in [0.2, 0.25) is 0 Å². The Kier molecular flexibility index (Phi) is 1.46. The summed E-state index contributed by atoms with van der Waals surface area (Å²) < 4.78 is 5.37. The molecule has 0 aromatic carbocycles. The average molecular weight is 166 g/mol. The molecule has 1 aliphatic carbocycles. The number of hydrogen-bond donors (Lipinski definition) is 0. The summed E-state index contributed by atoms with van der Waals surface area (Å²) in [5.74, 6) is 0.226. The Bertz CT molecular complexity index is 274. The van der Waals surface area contributed by atoms with Gasteiger partial charge in [-0.05, 0) is 39.2 Å². The Balaban J connectivity index is 2.26. The Labute approximate surface area is 72.6 Å². The lowest BCUT2D eigenvalue weighted by atomic mass is 9.84. The number of hydrogen-bond acceptors (Lipinski definition) is 2. The molecule has 1 saturated heterocycles. The van der Waals surface area contributed by atoms with E-state index in [9.17, 15) is 4.79 Å². The highest BCUT2D eigenvalue weighted by molar-refractivity contribution is 6.02. The zero-order valence-electron chi connectivity index (χ0n) is 7.81. The smallest absolute Gasteiger partial charge is 0.190 e. The molecule has 1 heterocycles. The van der Waals surface area contributed by atoms with E-state index in [4.69, 9.17) is 4.74 Å². The first-order valence-electron chi connectivity index (χ1n) is 4.43. The zero-order valence-corrected chi connectivity index (χ0v) is 7.81. The minimum Gasteiger partial charge on any atom is -0.358 e. The first-order valence-corrected chi connectivity index (χ1v) is 4.43. The second kappa shape index (κ2) is 2.19. The number of ketones is 1. The van der Waals surface area contributed by atoms with Gasteiger partial charge in [0.1, 0.15) is 11.7 Å². The summed E-state index contributed by atoms with van der Waals surface area (Å²) in [4.78, 5) is 11.6. The van der Waals surface area contributed by atoms with Gasteiger partial charge in [0.05, 0.1) is 0 Å². The van der Waals surface area contributed by atoms with Crippen molar-refractivity contribution in [3.05, 3.63) is 11.1 Å². The van der Waals surface area contributed by atoms with Crippen LogP contribution in [0.4, 0.5) is 0 Å². The number of carbonyl (C=O) groups excluding carboxylic acids is 1. The predicted molar refractivity (Wildman–Crippen MR) is 45.9 cm³/mol. The number of ether oxygens (including phenoxy) is 1. The molecule has 12 heavy (non-hydrogen) atoms. The summed E-state index contributed by atoms with van der Waals surface area (Å²) in [5.41, 5.74) is 2.04. The summed E-state index contributed by atoms with van der Waals surface area (Å²) in [6, 6.07) is 0. The molecule has 0 aromatic heterocycles. The minimum absolute atomic E-state index is 0.101. The van der Waals surface area contributed by atoms with Crippen molar-refractivity contribution in [1.82, 2.24) is 0 Å². The molecule has 0 amide bonds. The number of fused-ring (bicyclic) bond motifs is 1. The molecule has 2 fully saturated rings. The maximum Gasteiger partial charge on any atom is 0.190 e. The van der Waals surface area contributed by atoms with Crippen LogP contribution in [-0.2, 0) is 9.53 Å². The van der Waals surface area contributed by atoms with E-state index in [1.807, 2.05) is 20.8 Å². The predicted octanol–water partition coefficient (Wildman–Crippen LogP) is 1.84. The lowest BCUT2D eigenvalue weighted by Gasteiger charge is -2.15. The molecule has 0 radical (unpaired) electrons. The Morgan fingerprint density at radius 1 is 1.58 bits per heavy atom. The molecule has 66 valence electrons. The number of epoxide rings is 1. The largest absolute Gasteiger partial charge is 0.358 e. The van der Waals surface area contributed by atoms with E-state index in [0.29, 0.717) is 0 Å². The summed E-state index contributed by atoms with van der Waals surface area (Å²) >= 11 is 0. The van der Waals surface area contributed by atoms with Crippen LogP contribution in [-0.4, -0.2) is 17.5 Å². The van der Waals surface area contributed by atoms with Gasteiger partial charge in [-0.15, -0.1) is 0 Å². The van der Waals surface area contributed by atoms with Crippen molar-refractivity contribution in [1.29, 1.82) is 0 Å². The highest BCUT2D eigenvalue weighted by atomic mass is 16.6. The van der Waals surface area contributed by atoms with Gasteiger partial charge in [-0.3, -0.25) is 4.79 Å². The van der Waals surface area contributed by atoms with Crippen molar-refractivity contribution in [3.63, 3.8) is 0 Å². The monoisotopic (exact) mass is 166 g/mol. The Hall–Kier alpha value is -0.630. The van der Waals surface area contributed by atoms with E-state index < -0.39 is 0 Å². The second-order valence-electron chi connectivity index (χ2n) is 4.15. The van der Waals surface area contributed by atoms with Gasteiger partial charge in [0, 0.05) is 0 Å².